The molecule has 1 N–H and O–H groups in total. The third-order valence-electron chi connectivity index (χ3n) is 2.26. The van der Waals surface area contributed by atoms with Crippen molar-refractivity contribution in [3.8, 4) is 23.3 Å². The average Bonchev–Trinajstić information content (AvgIpc) is 2.77. The van der Waals surface area contributed by atoms with E-state index in [0.29, 0.717) is 18.1 Å². The molecule has 1 unspecified atom stereocenters. The van der Waals surface area contributed by atoms with Gasteiger partial charge < -0.3 is 19.5 Å². The van der Waals surface area contributed by atoms with Crippen molar-refractivity contribution >= 4 is 0 Å². The fraction of sp³-hybridized carbons (Fsp3) is 0.364. The van der Waals surface area contributed by atoms with E-state index in [1.807, 2.05) is 0 Å². The molecule has 0 aliphatic carbocycles. The van der Waals surface area contributed by atoms with Gasteiger partial charge in [0.25, 0.3) is 0 Å². The van der Waals surface area contributed by atoms with Gasteiger partial charge in [0, 0.05) is 6.07 Å². The molecule has 1 aromatic rings. The van der Waals surface area contributed by atoms with Gasteiger partial charge in [-0.05, 0) is 19.2 Å². The van der Waals surface area contributed by atoms with E-state index in [-0.39, 0.29) is 12.8 Å². The number of nitriles is 1. The molecular formula is C11H12N2O3. The van der Waals surface area contributed by atoms with Gasteiger partial charge in [0.2, 0.25) is 6.79 Å². The first-order chi connectivity index (χ1) is 7.83. The van der Waals surface area contributed by atoms with Crippen molar-refractivity contribution in [3.63, 3.8) is 0 Å². The highest BCUT2D eigenvalue weighted by molar-refractivity contribution is 5.46. The molecule has 0 amide bonds. The van der Waals surface area contributed by atoms with Crippen LogP contribution in [0.4, 0.5) is 0 Å². The molecule has 1 aliphatic rings. The lowest BCUT2D eigenvalue weighted by Gasteiger charge is -2.10. The Labute approximate surface area is 93.5 Å². The predicted octanol–water partition coefficient (Wildman–Crippen LogP) is 0.906. The summed E-state index contributed by atoms with van der Waals surface area (Å²) in [6, 6.07) is 7.10. The minimum Gasteiger partial charge on any atom is -0.491 e. The van der Waals surface area contributed by atoms with E-state index in [4.69, 9.17) is 19.5 Å². The number of fused-ring (bicyclic) bond motifs is 1. The summed E-state index contributed by atoms with van der Waals surface area (Å²) in [5, 5.41) is 11.6. The minimum absolute atomic E-state index is 0.246. The zero-order valence-electron chi connectivity index (χ0n) is 8.90. The van der Waals surface area contributed by atoms with E-state index in [0.717, 1.165) is 5.75 Å². The van der Waals surface area contributed by atoms with E-state index in [1.54, 1.807) is 25.2 Å². The van der Waals surface area contributed by atoms with Gasteiger partial charge in [0.05, 0.1) is 6.07 Å². The van der Waals surface area contributed by atoms with Crippen molar-refractivity contribution < 1.29 is 14.2 Å². The van der Waals surface area contributed by atoms with Crippen LogP contribution in [0.1, 0.15) is 0 Å². The van der Waals surface area contributed by atoms with Gasteiger partial charge in [0.15, 0.2) is 11.5 Å². The van der Waals surface area contributed by atoms with Crippen LogP contribution in [0.25, 0.3) is 0 Å². The highest BCUT2D eigenvalue weighted by Crippen LogP contribution is 2.34. The first-order valence-corrected chi connectivity index (χ1v) is 4.93. The zero-order valence-corrected chi connectivity index (χ0v) is 8.90. The molecule has 0 radical (unpaired) electrons. The van der Waals surface area contributed by atoms with Crippen LogP contribution in [0.2, 0.25) is 0 Å². The first-order valence-electron chi connectivity index (χ1n) is 4.93. The molecule has 0 spiro atoms. The quantitative estimate of drug-likeness (QED) is 0.817. The third-order valence-corrected chi connectivity index (χ3v) is 2.26. The van der Waals surface area contributed by atoms with Gasteiger partial charge in [-0.25, -0.2) is 0 Å². The number of hydrogen-bond acceptors (Lipinski definition) is 5. The van der Waals surface area contributed by atoms with Crippen LogP contribution < -0.4 is 19.5 Å². The molecule has 0 saturated carbocycles. The first kappa shape index (κ1) is 10.6. The number of likely N-dealkylation sites (N-methyl/N-ethyl adjacent to an activating group) is 1. The van der Waals surface area contributed by atoms with Crippen molar-refractivity contribution in [3.05, 3.63) is 18.2 Å². The van der Waals surface area contributed by atoms with Gasteiger partial charge in [-0.3, -0.25) is 0 Å². The maximum atomic E-state index is 8.72. The average molecular weight is 220 g/mol. The largest absolute Gasteiger partial charge is 0.491 e. The molecule has 0 aromatic heterocycles. The van der Waals surface area contributed by atoms with E-state index < -0.39 is 0 Å². The second-order valence-corrected chi connectivity index (χ2v) is 3.30. The lowest BCUT2D eigenvalue weighted by Crippen LogP contribution is -2.29. The molecule has 84 valence electrons. The number of rotatable bonds is 4. The molecule has 1 heterocycles. The molecule has 16 heavy (non-hydrogen) atoms. The Morgan fingerprint density at radius 2 is 2.31 bits per heavy atom. The number of nitrogens with one attached hydrogen (secondary N) is 1. The Hall–Kier alpha value is -1.93. The SMILES string of the molecule is CNC(C#N)COc1ccc2c(c1)OCO2. The molecule has 2 rings (SSSR count). The van der Waals surface area contributed by atoms with Gasteiger partial charge >= 0.3 is 0 Å². The summed E-state index contributed by atoms with van der Waals surface area (Å²) >= 11 is 0. The summed E-state index contributed by atoms with van der Waals surface area (Å²) in [4.78, 5) is 0. The van der Waals surface area contributed by atoms with Crippen LogP contribution in [-0.4, -0.2) is 26.5 Å². The summed E-state index contributed by atoms with van der Waals surface area (Å²) in [6.45, 7) is 0.544. The molecule has 1 aromatic carbocycles. The molecule has 0 saturated heterocycles. The zero-order chi connectivity index (χ0) is 11.4. The second-order valence-electron chi connectivity index (χ2n) is 3.30. The number of benzene rings is 1. The Balaban J connectivity index is 1.98. The predicted molar refractivity (Wildman–Crippen MR) is 56.5 cm³/mol. The summed E-state index contributed by atoms with van der Waals surface area (Å²) in [5.41, 5.74) is 0. The standard InChI is InChI=1S/C11H12N2O3/c1-13-8(5-12)6-14-9-2-3-10-11(4-9)16-7-15-10/h2-4,8,13H,6-7H2,1H3. The summed E-state index contributed by atoms with van der Waals surface area (Å²) < 4.78 is 15.8. The van der Waals surface area contributed by atoms with Crippen LogP contribution in [0.5, 0.6) is 17.2 Å². The lowest BCUT2D eigenvalue weighted by atomic mass is 10.3. The van der Waals surface area contributed by atoms with E-state index in [9.17, 15) is 0 Å². The molecule has 1 atom stereocenters. The monoisotopic (exact) mass is 220 g/mol. The molecule has 1 aliphatic heterocycles. The third kappa shape index (κ3) is 2.18. The van der Waals surface area contributed by atoms with Gasteiger partial charge in [-0.1, -0.05) is 0 Å². The van der Waals surface area contributed by atoms with Crippen molar-refractivity contribution in [2.24, 2.45) is 0 Å². The van der Waals surface area contributed by atoms with Crippen LogP contribution in [0.3, 0.4) is 0 Å². The van der Waals surface area contributed by atoms with Crippen LogP contribution in [0.15, 0.2) is 18.2 Å². The van der Waals surface area contributed by atoms with Gasteiger partial charge in [-0.15, -0.1) is 0 Å². The van der Waals surface area contributed by atoms with Gasteiger partial charge in [-0.2, -0.15) is 5.26 Å². The molecule has 0 fully saturated rings. The van der Waals surface area contributed by atoms with E-state index in [1.165, 1.54) is 0 Å². The highest BCUT2D eigenvalue weighted by Gasteiger charge is 2.14. The Kier molecular flexibility index (Phi) is 3.13. The van der Waals surface area contributed by atoms with E-state index >= 15 is 0 Å². The fourth-order valence-corrected chi connectivity index (χ4v) is 1.33. The summed E-state index contributed by atoms with van der Waals surface area (Å²) in [6.07, 6.45) is 0. The Morgan fingerprint density at radius 3 is 3.06 bits per heavy atom. The Bertz CT molecular complexity index is 414. The number of nitrogens with zero attached hydrogens (tertiary/aromatic N) is 1. The van der Waals surface area contributed by atoms with Crippen LogP contribution >= 0.6 is 0 Å². The van der Waals surface area contributed by atoms with Crippen LogP contribution in [-0.2, 0) is 0 Å². The lowest BCUT2D eigenvalue weighted by molar-refractivity contribution is 0.173. The molecule has 0 bridgehead atoms. The number of ether oxygens (including phenoxy) is 3. The van der Waals surface area contributed by atoms with Gasteiger partial charge in [0.1, 0.15) is 18.4 Å². The molecule has 5 heteroatoms. The van der Waals surface area contributed by atoms with Crippen molar-refractivity contribution in [2.75, 3.05) is 20.4 Å². The maximum absolute atomic E-state index is 8.72. The van der Waals surface area contributed by atoms with E-state index in [2.05, 4.69) is 11.4 Å². The van der Waals surface area contributed by atoms with Crippen molar-refractivity contribution in [1.82, 2.24) is 5.32 Å². The fourth-order valence-electron chi connectivity index (χ4n) is 1.33. The van der Waals surface area contributed by atoms with Crippen molar-refractivity contribution in [1.29, 1.82) is 5.26 Å². The van der Waals surface area contributed by atoms with Crippen molar-refractivity contribution in [2.45, 2.75) is 6.04 Å². The Morgan fingerprint density at radius 1 is 1.50 bits per heavy atom. The maximum Gasteiger partial charge on any atom is 0.231 e. The summed E-state index contributed by atoms with van der Waals surface area (Å²) in [5.74, 6) is 2.06. The molecular weight excluding hydrogens is 208 g/mol. The topological polar surface area (TPSA) is 63.5 Å². The minimum atomic E-state index is -0.314. The molecule has 5 nitrogen and oxygen atoms in total. The highest BCUT2D eigenvalue weighted by atomic mass is 16.7. The summed E-state index contributed by atoms with van der Waals surface area (Å²) in [7, 11) is 1.72. The smallest absolute Gasteiger partial charge is 0.231 e. The second kappa shape index (κ2) is 4.73. The normalized spacial score (nSPS) is 14.2. The number of hydrogen-bond donors (Lipinski definition) is 1. The van der Waals surface area contributed by atoms with Crippen LogP contribution in [0, 0.1) is 11.3 Å².